The Morgan fingerprint density at radius 3 is 2.63 bits per heavy atom. The maximum atomic E-state index is 12.5. The molecule has 0 atom stereocenters. The van der Waals surface area contributed by atoms with Crippen LogP contribution in [0.5, 0.6) is 5.75 Å². The van der Waals surface area contributed by atoms with Gasteiger partial charge in [0.05, 0.1) is 17.3 Å². The first-order valence-electron chi connectivity index (χ1n) is 8.86. The summed E-state index contributed by atoms with van der Waals surface area (Å²) in [6, 6.07) is 14.5. The Kier molecular flexibility index (Phi) is 5.98. The second kappa shape index (κ2) is 8.60. The van der Waals surface area contributed by atoms with E-state index >= 15 is 0 Å². The standard InChI is InChI=1S/C21H21N3O2S/c1-2-3-6-15-9-11-17(12-10-15)23-21(27)24-14-16(13-22-24)20(26)18-7-4-5-8-19(18)25/h4-5,7-14,25H,2-3,6H2,1H3,(H,23,27). The van der Waals surface area contributed by atoms with Crippen molar-refractivity contribution in [3.63, 3.8) is 0 Å². The number of para-hydroxylation sites is 1. The molecule has 0 aliphatic carbocycles. The van der Waals surface area contributed by atoms with E-state index in [1.807, 2.05) is 12.1 Å². The van der Waals surface area contributed by atoms with Crippen LogP contribution in [0, 0.1) is 0 Å². The number of unbranched alkanes of at least 4 members (excludes halogenated alkanes) is 1. The van der Waals surface area contributed by atoms with E-state index in [2.05, 4.69) is 29.5 Å². The number of aromatic hydroxyl groups is 1. The normalized spacial score (nSPS) is 10.6. The van der Waals surface area contributed by atoms with E-state index in [1.54, 1.807) is 24.4 Å². The van der Waals surface area contributed by atoms with Gasteiger partial charge in [-0.1, -0.05) is 37.6 Å². The summed E-state index contributed by atoms with van der Waals surface area (Å²) in [7, 11) is 0. The van der Waals surface area contributed by atoms with Crippen LogP contribution in [0.25, 0.3) is 0 Å². The highest BCUT2D eigenvalue weighted by Crippen LogP contribution is 2.19. The lowest BCUT2D eigenvalue weighted by atomic mass is 10.1. The van der Waals surface area contributed by atoms with Crippen LogP contribution in [-0.4, -0.2) is 25.8 Å². The lowest BCUT2D eigenvalue weighted by Gasteiger charge is -2.08. The minimum Gasteiger partial charge on any atom is -0.507 e. The number of aromatic nitrogens is 2. The number of ketones is 1. The van der Waals surface area contributed by atoms with Crippen molar-refractivity contribution in [3.05, 3.63) is 77.6 Å². The molecule has 0 spiro atoms. The summed E-state index contributed by atoms with van der Waals surface area (Å²) in [5.41, 5.74) is 2.75. The van der Waals surface area contributed by atoms with Crippen molar-refractivity contribution in [3.8, 4) is 5.75 Å². The molecule has 1 heterocycles. The fourth-order valence-corrected chi connectivity index (χ4v) is 2.91. The van der Waals surface area contributed by atoms with Crippen molar-refractivity contribution < 1.29 is 9.90 Å². The summed E-state index contributed by atoms with van der Waals surface area (Å²) in [6.45, 7) is 2.18. The summed E-state index contributed by atoms with van der Waals surface area (Å²) < 4.78 is 1.44. The lowest BCUT2D eigenvalue weighted by molar-refractivity contribution is 0.103. The molecule has 2 aromatic carbocycles. The molecule has 0 aliphatic rings. The largest absolute Gasteiger partial charge is 0.507 e. The molecule has 0 unspecified atom stereocenters. The summed E-state index contributed by atoms with van der Waals surface area (Å²) in [5, 5.41) is 17.5. The molecule has 138 valence electrons. The Morgan fingerprint density at radius 1 is 1.19 bits per heavy atom. The van der Waals surface area contributed by atoms with Gasteiger partial charge in [0, 0.05) is 11.9 Å². The number of nitrogens with zero attached hydrogens (tertiary/aromatic N) is 2. The number of aryl methyl sites for hydroxylation is 1. The van der Waals surface area contributed by atoms with Gasteiger partial charge in [0.15, 0.2) is 10.9 Å². The minimum atomic E-state index is -0.303. The minimum absolute atomic E-state index is 0.0564. The van der Waals surface area contributed by atoms with E-state index in [0.717, 1.165) is 12.1 Å². The average molecular weight is 379 g/mol. The molecule has 0 bridgehead atoms. The number of benzene rings is 2. The molecule has 3 rings (SSSR count). The van der Waals surface area contributed by atoms with Gasteiger partial charge in [-0.15, -0.1) is 0 Å². The Morgan fingerprint density at radius 2 is 1.93 bits per heavy atom. The van der Waals surface area contributed by atoms with Crippen LogP contribution < -0.4 is 5.32 Å². The maximum absolute atomic E-state index is 12.5. The lowest BCUT2D eigenvalue weighted by Crippen LogP contribution is -2.19. The second-order valence-corrected chi connectivity index (χ2v) is 6.64. The van der Waals surface area contributed by atoms with Crippen molar-refractivity contribution in [2.45, 2.75) is 26.2 Å². The molecule has 0 aliphatic heterocycles. The predicted octanol–water partition coefficient (Wildman–Crippen LogP) is 4.41. The number of carbonyl (C=O) groups excluding carboxylic acids is 1. The predicted molar refractivity (Wildman–Crippen MR) is 110 cm³/mol. The molecule has 0 fully saturated rings. The number of rotatable bonds is 6. The van der Waals surface area contributed by atoms with E-state index in [1.165, 1.54) is 35.4 Å². The van der Waals surface area contributed by atoms with Gasteiger partial charge in [-0.05, 0) is 54.9 Å². The monoisotopic (exact) mass is 379 g/mol. The molecule has 0 amide bonds. The van der Waals surface area contributed by atoms with E-state index in [0.29, 0.717) is 10.7 Å². The Hall–Kier alpha value is -2.99. The van der Waals surface area contributed by atoms with Crippen LogP contribution in [0.3, 0.4) is 0 Å². The van der Waals surface area contributed by atoms with Gasteiger partial charge in [-0.25, -0.2) is 4.68 Å². The van der Waals surface area contributed by atoms with Crippen molar-refractivity contribution in [2.75, 3.05) is 5.32 Å². The highest BCUT2D eigenvalue weighted by Gasteiger charge is 2.15. The van der Waals surface area contributed by atoms with Gasteiger partial charge in [0.2, 0.25) is 0 Å². The van der Waals surface area contributed by atoms with E-state index in [-0.39, 0.29) is 17.1 Å². The average Bonchev–Trinajstić information content (AvgIpc) is 3.18. The number of anilines is 1. The molecule has 0 saturated heterocycles. The first-order chi connectivity index (χ1) is 13.1. The number of phenolic OH excluding ortho intramolecular Hbond substituents is 1. The van der Waals surface area contributed by atoms with Gasteiger partial charge in [-0.3, -0.25) is 4.79 Å². The molecule has 5 nitrogen and oxygen atoms in total. The van der Waals surface area contributed by atoms with Gasteiger partial charge < -0.3 is 10.4 Å². The zero-order valence-electron chi connectivity index (χ0n) is 15.1. The Balaban J connectivity index is 1.68. The smallest absolute Gasteiger partial charge is 0.199 e. The van der Waals surface area contributed by atoms with Gasteiger partial charge in [0.1, 0.15) is 5.75 Å². The van der Waals surface area contributed by atoms with Crippen molar-refractivity contribution in [2.24, 2.45) is 0 Å². The molecule has 27 heavy (non-hydrogen) atoms. The zero-order valence-corrected chi connectivity index (χ0v) is 15.9. The Bertz CT molecular complexity index is 948. The fourth-order valence-electron chi connectivity index (χ4n) is 2.69. The van der Waals surface area contributed by atoms with Crippen LogP contribution in [0.15, 0.2) is 60.9 Å². The first kappa shape index (κ1) is 18.8. The molecule has 1 aromatic heterocycles. The molecule has 3 aromatic rings. The number of hydrogen-bond donors (Lipinski definition) is 2. The molecule has 0 radical (unpaired) electrons. The zero-order chi connectivity index (χ0) is 19.2. The molecule has 0 saturated carbocycles. The van der Waals surface area contributed by atoms with E-state index in [4.69, 9.17) is 12.2 Å². The molecule has 2 N–H and O–H groups in total. The van der Waals surface area contributed by atoms with Gasteiger partial charge >= 0.3 is 0 Å². The number of nitrogens with one attached hydrogen (secondary N) is 1. The van der Waals surface area contributed by atoms with E-state index in [9.17, 15) is 9.90 Å². The summed E-state index contributed by atoms with van der Waals surface area (Å²) in [4.78, 5) is 12.5. The second-order valence-electron chi connectivity index (χ2n) is 6.25. The van der Waals surface area contributed by atoms with Crippen LogP contribution in [0.2, 0.25) is 0 Å². The fraction of sp³-hybridized carbons (Fsp3) is 0.190. The quantitative estimate of drug-likeness (QED) is 0.491. The number of thiocarbonyl (C=S) groups is 1. The third kappa shape index (κ3) is 4.60. The molecular weight excluding hydrogens is 358 g/mol. The first-order valence-corrected chi connectivity index (χ1v) is 9.27. The molecular formula is C21H21N3O2S. The summed E-state index contributed by atoms with van der Waals surface area (Å²) in [5.74, 6) is -0.360. The van der Waals surface area contributed by atoms with Crippen LogP contribution >= 0.6 is 12.2 Å². The SMILES string of the molecule is CCCCc1ccc(NC(=S)n2cc(C(=O)c3ccccc3O)cn2)cc1. The summed E-state index contributed by atoms with van der Waals surface area (Å²) >= 11 is 5.38. The van der Waals surface area contributed by atoms with Crippen molar-refractivity contribution in [1.82, 2.24) is 9.78 Å². The van der Waals surface area contributed by atoms with Gasteiger partial charge in [-0.2, -0.15) is 5.10 Å². The number of phenols is 1. The van der Waals surface area contributed by atoms with Crippen molar-refractivity contribution >= 4 is 28.8 Å². The van der Waals surface area contributed by atoms with Crippen LogP contribution in [0.4, 0.5) is 5.69 Å². The van der Waals surface area contributed by atoms with Crippen LogP contribution in [0.1, 0.15) is 41.3 Å². The number of hydrogen-bond acceptors (Lipinski definition) is 4. The van der Waals surface area contributed by atoms with E-state index < -0.39 is 0 Å². The number of carbonyl (C=O) groups is 1. The van der Waals surface area contributed by atoms with Crippen LogP contribution in [-0.2, 0) is 6.42 Å². The van der Waals surface area contributed by atoms with Gasteiger partial charge in [0.25, 0.3) is 0 Å². The topological polar surface area (TPSA) is 67.2 Å². The van der Waals surface area contributed by atoms with Crippen molar-refractivity contribution in [1.29, 1.82) is 0 Å². The third-order valence-corrected chi connectivity index (χ3v) is 4.51. The Labute approximate surface area is 163 Å². The highest BCUT2D eigenvalue weighted by molar-refractivity contribution is 7.80. The maximum Gasteiger partial charge on any atom is 0.199 e. The highest BCUT2D eigenvalue weighted by atomic mass is 32.1. The summed E-state index contributed by atoms with van der Waals surface area (Å²) in [6.07, 6.45) is 6.41. The molecule has 6 heteroatoms. The third-order valence-electron chi connectivity index (χ3n) is 4.23.